The molecule has 2 aromatic rings. The summed E-state index contributed by atoms with van der Waals surface area (Å²) in [5.74, 6) is 1.23. The average molecular weight is 325 g/mol. The van der Waals surface area contributed by atoms with Gasteiger partial charge in [-0.3, -0.25) is 9.80 Å². The van der Waals surface area contributed by atoms with Crippen LogP contribution in [0.15, 0.2) is 24.5 Å². The Morgan fingerprint density at radius 2 is 1.90 bits per heavy atom. The van der Waals surface area contributed by atoms with Crippen LogP contribution in [-0.4, -0.2) is 63.9 Å². The van der Waals surface area contributed by atoms with Crippen LogP contribution in [0.1, 0.15) is 5.69 Å². The molecule has 0 saturated carbocycles. The fraction of sp³-hybridized carbons (Fsp3) is 0.533. The van der Waals surface area contributed by atoms with Crippen molar-refractivity contribution in [2.75, 3.05) is 44.7 Å². The summed E-state index contributed by atoms with van der Waals surface area (Å²) >= 11 is 7.93. The number of pyridine rings is 1. The van der Waals surface area contributed by atoms with E-state index in [0.29, 0.717) is 0 Å². The Hall–Kier alpha value is -0.750. The minimum atomic E-state index is 0.744. The van der Waals surface area contributed by atoms with Crippen molar-refractivity contribution in [2.24, 2.45) is 0 Å². The number of halogens is 1. The summed E-state index contributed by atoms with van der Waals surface area (Å²) in [5.41, 5.74) is 2.09. The van der Waals surface area contributed by atoms with E-state index in [-0.39, 0.29) is 0 Å². The highest BCUT2D eigenvalue weighted by molar-refractivity contribution is 7.98. The highest BCUT2D eigenvalue weighted by Crippen LogP contribution is 2.14. The van der Waals surface area contributed by atoms with E-state index in [2.05, 4.69) is 27.2 Å². The zero-order chi connectivity index (χ0) is 14.7. The maximum atomic E-state index is 6.01. The molecule has 0 amide bonds. The second-order valence-electron chi connectivity index (χ2n) is 5.46. The summed E-state index contributed by atoms with van der Waals surface area (Å²) in [5, 5.41) is 0.744. The first-order valence-electron chi connectivity index (χ1n) is 7.31. The molecule has 1 aliphatic rings. The summed E-state index contributed by atoms with van der Waals surface area (Å²) in [7, 11) is 0. The molecule has 1 aliphatic heterocycles. The molecule has 0 aliphatic carbocycles. The van der Waals surface area contributed by atoms with Crippen molar-refractivity contribution in [2.45, 2.75) is 6.54 Å². The number of fused-ring (bicyclic) bond motifs is 1. The average Bonchev–Trinajstić information content (AvgIpc) is 2.88. The van der Waals surface area contributed by atoms with Gasteiger partial charge in [0.25, 0.3) is 0 Å². The number of hydrogen-bond donors (Lipinski definition) is 0. The van der Waals surface area contributed by atoms with E-state index in [1.165, 1.54) is 25.4 Å². The molecule has 3 heterocycles. The molecular weight excluding hydrogens is 304 g/mol. The number of thioether (sulfide) groups is 1. The molecular formula is C15H21ClN4S. The van der Waals surface area contributed by atoms with E-state index in [1.54, 1.807) is 0 Å². The third kappa shape index (κ3) is 3.92. The monoisotopic (exact) mass is 324 g/mol. The van der Waals surface area contributed by atoms with Gasteiger partial charge < -0.3 is 4.40 Å². The van der Waals surface area contributed by atoms with E-state index >= 15 is 0 Å². The van der Waals surface area contributed by atoms with Gasteiger partial charge in [0.1, 0.15) is 5.65 Å². The first kappa shape index (κ1) is 15.2. The molecule has 21 heavy (non-hydrogen) atoms. The Labute approximate surface area is 135 Å². The van der Waals surface area contributed by atoms with Crippen LogP contribution in [0.25, 0.3) is 5.65 Å². The Kier molecular flexibility index (Phi) is 5.06. The van der Waals surface area contributed by atoms with Crippen molar-refractivity contribution in [1.82, 2.24) is 19.2 Å². The Bertz CT molecular complexity index is 592. The summed E-state index contributed by atoms with van der Waals surface area (Å²) < 4.78 is 2.01. The molecule has 2 aromatic heterocycles. The van der Waals surface area contributed by atoms with E-state index in [9.17, 15) is 0 Å². The molecule has 4 nitrogen and oxygen atoms in total. The molecule has 0 N–H and O–H groups in total. The Morgan fingerprint density at radius 3 is 2.67 bits per heavy atom. The van der Waals surface area contributed by atoms with E-state index in [4.69, 9.17) is 11.6 Å². The van der Waals surface area contributed by atoms with Crippen LogP contribution < -0.4 is 0 Å². The zero-order valence-corrected chi connectivity index (χ0v) is 13.9. The summed E-state index contributed by atoms with van der Waals surface area (Å²) in [6, 6.07) is 3.85. The van der Waals surface area contributed by atoms with Crippen LogP contribution in [-0.2, 0) is 6.54 Å². The quantitative estimate of drug-likeness (QED) is 0.843. The predicted octanol–water partition coefficient (Wildman–Crippen LogP) is 2.47. The van der Waals surface area contributed by atoms with Crippen molar-refractivity contribution in [1.29, 1.82) is 0 Å². The lowest BCUT2D eigenvalue weighted by molar-refractivity contribution is 0.132. The molecule has 1 fully saturated rings. The Balaban J connectivity index is 1.56. The molecule has 1 saturated heterocycles. The van der Waals surface area contributed by atoms with Gasteiger partial charge in [0.2, 0.25) is 0 Å². The Morgan fingerprint density at radius 1 is 1.14 bits per heavy atom. The standard InChI is InChI=1S/C15H21ClN4S/c1-21-9-8-18-4-6-19(7-5-18)11-14-12-20-10-13(16)2-3-15(20)17-14/h2-3,10,12H,4-9,11H2,1H3. The van der Waals surface area contributed by atoms with Gasteiger partial charge in [-0.25, -0.2) is 4.98 Å². The van der Waals surface area contributed by atoms with E-state index < -0.39 is 0 Å². The fourth-order valence-corrected chi connectivity index (χ4v) is 3.32. The second kappa shape index (κ2) is 7.01. The van der Waals surface area contributed by atoms with Crippen LogP contribution in [0.3, 0.4) is 0 Å². The van der Waals surface area contributed by atoms with Crippen molar-refractivity contribution in [3.63, 3.8) is 0 Å². The van der Waals surface area contributed by atoms with Crippen LogP contribution in [0.4, 0.5) is 0 Å². The third-order valence-corrected chi connectivity index (χ3v) is 4.74. The lowest BCUT2D eigenvalue weighted by atomic mass is 10.3. The first-order chi connectivity index (χ1) is 10.2. The van der Waals surface area contributed by atoms with Crippen molar-refractivity contribution < 1.29 is 0 Å². The van der Waals surface area contributed by atoms with Gasteiger partial charge >= 0.3 is 0 Å². The number of rotatable bonds is 5. The SMILES string of the molecule is CSCCN1CCN(Cc2cn3cc(Cl)ccc3n2)CC1. The van der Waals surface area contributed by atoms with Gasteiger partial charge in [0, 0.05) is 57.4 Å². The summed E-state index contributed by atoms with van der Waals surface area (Å²) in [4.78, 5) is 9.70. The van der Waals surface area contributed by atoms with Crippen molar-refractivity contribution in [3.05, 3.63) is 35.2 Å². The molecule has 114 valence electrons. The summed E-state index contributed by atoms with van der Waals surface area (Å²) in [6.07, 6.45) is 6.17. The predicted molar refractivity (Wildman–Crippen MR) is 90.3 cm³/mol. The van der Waals surface area contributed by atoms with Gasteiger partial charge in [-0.05, 0) is 18.4 Å². The molecule has 6 heteroatoms. The van der Waals surface area contributed by atoms with Gasteiger partial charge in [0.15, 0.2) is 0 Å². The maximum absolute atomic E-state index is 6.01. The zero-order valence-electron chi connectivity index (χ0n) is 12.3. The first-order valence-corrected chi connectivity index (χ1v) is 9.08. The lowest BCUT2D eigenvalue weighted by Gasteiger charge is -2.34. The lowest BCUT2D eigenvalue weighted by Crippen LogP contribution is -2.46. The van der Waals surface area contributed by atoms with Crippen molar-refractivity contribution >= 4 is 29.0 Å². The highest BCUT2D eigenvalue weighted by atomic mass is 35.5. The number of hydrogen-bond acceptors (Lipinski definition) is 4. The fourth-order valence-electron chi connectivity index (χ4n) is 2.71. The minimum absolute atomic E-state index is 0.744. The minimum Gasteiger partial charge on any atom is -0.305 e. The van der Waals surface area contributed by atoms with Gasteiger partial charge in [0.05, 0.1) is 10.7 Å². The van der Waals surface area contributed by atoms with Gasteiger partial charge in [-0.2, -0.15) is 11.8 Å². The molecule has 0 aromatic carbocycles. The highest BCUT2D eigenvalue weighted by Gasteiger charge is 2.17. The van der Waals surface area contributed by atoms with E-state index in [1.807, 2.05) is 34.5 Å². The number of piperazine rings is 1. The number of nitrogens with zero attached hydrogens (tertiary/aromatic N) is 4. The van der Waals surface area contributed by atoms with Crippen LogP contribution in [0, 0.1) is 0 Å². The van der Waals surface area contributed by atoms with Crippen LogP contribution in [0.5, 0.6) is 0 Å². The van der Waals surface area contributed by atoms with Crippen LogP contribution in [0.2, 0.25) is 5.02 Å². The third-order valence-electron chi connectivity index (χ3n) is 3.93. The number of aromatic nitrogens is 2. The number of imidazole rings is 1. The second-order valence-corrected chi connectivity index (χ2v) is 6.88. The van der Waals surface area contributed by atoms with Crippen LogP contribution >= 0.6 is 23.4 Å². The molecule has 0 unspecified atom stereocenters. The molecule has 0 atom stereocenters. The molecule has 0 radical (unpaired) electrons. The normalized spacial score (nSPS) is 17.6. The molecule has 0 bridgehead atoms. The van der Waals surface area contributed by atoms with E-state index in [0.717, 1.165) is 36.0 Å². The molecule has 3 rings (SSSR count). The maximum Gasteiger partial charge on any atom is 0.137 e. The molecule has 0 spiro atoms. The topological polar surface area (TPSA) is 23.8 Å². The summed E-state index contributed by atoms with van der Waals surface area (Å²) in [6.45, 7) is 6.73. The largest absolute Gasteiger partial charge is 0.305 e. The smallest absolute Gasteiger partial charge is 0.137 e. The van der Waals surface area contributed by atoms with Gasteiger partial charge in [-0.15, -0.1) is 0 Å². The van der Waals surface area contributed by atoms with Crippen molar-refractivity contribution in [3.8, 4) is 0 Å². The van der Waals surface area contributed by atoms with Gasteiger partial charge in [-0.1, -0.05) is 11.6 Å².